The molecule has 19 heavy (non-hydrogen) atoms. The number of halogens is 3. The number of imidazole rings is 1. The molecule has 0 radical (unpaired) electrons. The van der Waals surface area contributed by atoms with Gasteiger partial charge in [-0.2, -0.15) is 0 Å². The second-order valence-electron chi connectivity index (χ2n) is 5.45. The van der Waals surface area contributed by atoms with Crippen LogP contribution >= 0.6 is 0 Å². The molecule has 3 rings (SSSR count). The van der Waals surface area contributed by atoms with E-state index >= 15 is 0 Å². The Bertz CT molecular complexity index is 658. The van der Waals surface area contributed by atoms with Gasteiger partial charge in [0.05, 0.1) is 5.52 Å². The minimum absolute atomic E-state index is 0.0160. The fraction of sp³-hybridized carbons (Fsp3) is 0.462. The van der Waals surface area contributed by atoms with Gasteiger partial charge in [-0.25, -0.2) is 18.2 Å². The van der Waals surface area contributed by atoms with Crippen LogP contribution in [0.5, 0.6) is 0 Å². The summed E-state index contributed by atoms with van der Waals surface area (Å²) >= 11 is 0. The van der Waals surface area contributed by atoms with Crippen LogP contribution in [-0.2, 0) is 5.60 Å². The lowest BCUT2D eigenvalue weighted by atomic mass is 10.1. The molecule has 0 bridgehead atoms. The van der Waals surface area contributed by atoms with Crippen molar-refractivity contribution in [1.82, 2.24) is 9.55 Å². The Morgan fingerprint density at radius 3 is 2.58 bits per heavy atom. The molecule has 0 saturated heterocycles. The van der Waals surface area contributed by atoms with Crippen LogP contribution in [0.1, 0.15) is 32.1 Å². The lowest BCUT2D eigenvalue weighted by Gasteiger charge is -2.18. The molecule has 0 spiro atoms. The number of fused-ring (bicyclic) bond motifs is 1. The van der Waals surface area contributed by atoms with Gasteiger partial charge < -0.3 is 9.67 Å². The zero-order chi connectivity index (χ0) is 14.0. The Kier molecular flexibility index (Phi) is 2.30. The van der Waals surface area contributed by atoms with Gasteiger partial charge in [0.2, 0.25) is 0 Å². The summed E-state index contributed by atoms with van der Waals surface area (Å²) in [4.78, 5) is 4.01. The third-order valence-electron chi connectivity index (χ3n) is 3.32. The zero-order valence-corrected chi connectivity index (χ0v) is 10.5. The van der Waals surface area contributed by atoms with Gasteiger partial charge in [0.1, 0.15) is 23.0 Å². The molecule has 2 aromatic rings. The van der Waals surface area contributed by atoms with Crippen molar-refractivity contribution >= 4 is 11.0 Å². The van der Waals surface area contributed by atoms with Gasteiger partial charge in [-0.1, -0.05) is 6.07 Å². The van der Waals surface area contributed by atoms with E-state index in [0.717, 1.165) is 0 Å². The minimum Gasteiger partial charge on any atom is -0.383 e. The van der Waals surface area contributed by atoms with Crippen molar-refractivity contribution in [2.45, 2.75) is 37.8 Å². The second kappa shape index (κ2) is 3.50. The van der Waals surface area contributed by atoms with Crippen molar-refractivity contribution in [2.75, 3.05) is 0 Å². The van der Waals surface area contributed by atoms with E-state index in [-0.39, 0.29) is 17.8 Å². The SMILES string of the molecule is CC(C)(O)c1nc2c(F)cccc2n1[C@@H]1CC1(F)F. The highest BCUT2D eigenvalue weighted by molar-refractivity contribution is 5.77. The molecular formula is C13H13F3N2O. The van der Waals surface area contributed by atoms with E-state index < -0.39 is 23.4 Å². The molecule has 1 aromatic carbocycles. The number of hydrogen-bond acceptors (Lipinski definition) is 2. The van der Waals surface area contributed by atoms with E-state index in [4.69, 9.17) is 0 Å². The Labute approximate surface area is 107 Å². The topological polar surface area (TPSA) is 38.1 Å². The molecule has 1 aliphatic carbocycles. The maximum atomic E-state index is 13.7. The van der Waals surface area contributed by atoms with Crippen LogP contribution in [0, 0.1) is 5.82 Å². The maximum absolute atomic E-state index is 13.7. The van der Waals surface area contributed by atoms with Crippen LogP contribution in [0.2, 0.25) is 0 Å². The van der Waals surface area contributed by atoms with Crippen LogP contribution in [0.15, 0.2) is 18.2 Å². The van der Waals surface area contributed by atoms with E-state index in [2.05, 4.69) is 4.98 Å². The molecule has 0 unspecified atom stereocenters. The largest absolute Gasteiger partial charge is 0.383 e. The normalized spacial score (nSPS) is 21.9. The fourth-order valence-corrected chi connectivity index (χ4v) is 2.31. The molecule has 1 fully saturated rings. The van der Waals surface area contributed by atoms with Crippen molar-refractivity contribution in [2.24, 2.45) is 0 Å². The molecule has 1 N–H and O–H groups in total. The van der Waals surface area contributed by atoms with Gasteiger partial charge in [0.25, 0.3) is 5.92 Å². The predicted molar refractivity (Wildman–Crippen MR) is 63.5 cm³/mol. The van der Waals surface area contributed by atoms with E-state index in [1.54, 1.807) is 0 Å². The van der Waals surface area contributed by atoms with Crippen molar-refractivity contribution in [3.8, 4) is 0 Å². The summed E-state index contributed by atoms with van der Waals surface area (Å²) in [5, 5.41) is 10.1. The number of aliphatic hydroxyl groups is 1. The number of aromatic nitrogens is 2. The van der Waals surface area contributed by atoms with Crippen LogP contribution in [-0.4, -0.2) is 20.6 Å². The Morgan fingerprint density at radius 1 is 1.42 bits per heavy atom. The number of rotatable bonds is 2. The Hall–Kier alpha value is -1.56. The van der Waals surface area contributed by atoms with Gasteiger partial charge in [-0.15, -0.1) is 0 Å². The lowest BCUT2D eigenvalue weighted by Crippen LogP contribution is -2.22. The summed E-state index contributed by atoms with van der Waals surface area (Å²) in [6, 6.07) is 3.15. The molecule has 0 aliphatic heterocycles. The molecule has 3 nitrogen and oxygen atoms in total. The van der Waals surface area contributed by atoms with Gasteiger partial charge in [-0.05, 0) is 26.0 Å². The number of alkyl halides is 2. The van der Waals surface area contributed by atoms with Crippen LogP contribution in [0.4, 0.5) is 13.2 Å². The molecule has 1 saturated carbocycles. The Balaban J connectivity index is 2.30. The molecule has 1 heterocycles. The van der Waals surface area contributed by atoms with Crippen molar-refractivity contribution in [3.05, 3.63) is 29.8 Å². The monoisotopic (exact) mass is 270 g/mol. The molecular weight excluding hydrogens is 257 g/mol. The number of hydrogen-bond donors (Lipinski definition) is 1. The molecule has 1 atom stereocenters. The average molecular weight is 270 g/mol. The van der Waals surface area contributed by atoms with Gasteiger partial charge in [-0.3, -0.25) is 0 Å². The molecule has 0 amide bonds. The predicted octanol–water partition coefficient (Wildman–Crippen LogP) is 2.98. The molecule has 1 aromatic heterocycles. The standard InChI is InChI=1S/C13H13F3N2O/c1-12(2,19)11-17-10-7(14)4-3-5-8(10)18(11)9-6-13(9,15)16/h3-5,9,19H,6H2,1-2H3/t9-/m1/s1. The minimum atomic E-state index is -2.82. The van der Waals surface area contributed by atoms with Crippen LogP contribution in [0.3, 0.4) is 0 Å². The van der Waals surface area contributed by atoms with E-state index in [9.17, 15) is 18.3 Å². The highest BCUT2D eigenvalue weighted by atomic mass is 19.3. The van der Waals surface area contributed by atoms with E-state index in [0.29, 0.717) is 5.52 Å². The number of nitrogens with zero attached hydrogens (tertiary/aromatic N) is 2. The highest BCUT2D eigenvalue weighted by Gasteiger charge is 2.59. The summed E-state index contributed by atoms with van der Waals surface area (Å²) in [6.07, 6.45) is -0.307. The molecule has 6 heteroatoms. The maximum Gasteiger partial charge on any atom is 0.270 e. The van der Waals surface area contributed by atoms with Crippen LogP contribution in [0.25, 0.3) is 11.0 Å². The van der Waals surface area contributed by atoms with Crippen molar-refractivity contribution in [1.29, 1.82) is 0 Å². The van der Waals surface area contributed by atoms with Gasteiger partial charge in [0, 0.05) is 6.42 Å². The fourth-order valence-electron chi connectivity index (χ4n) is 2.31. The highest BCUT2D eigenvalue weighted by Crippen LogP contribution is 2.54. The third-order valence-corrected chi connectivity index (χ3v) is 3.32. The Morgan fingerprint density at radius 2 is 2.05 bits per heavy atom. The number of para-hydroxylation sites is 1. The van der Waals surface area contributed by atoms with Crippen molar-refractivity contribution in [3.63, 3.8) is 0 Å². The smallest absolute Gasteiger partial charge is 0.270 e. The van der Waals surface area contributed by atoms with Gasteiger partial charge in [0.15, 0.2) is 5.82 Å². The molecule has 102 valence electrons. The zero-order valence-electron chi connectivity index (χ0n) is 10.5. The van der Waals surface area contributed by atoms with E-state index in [1.165, 1.54) is 36.6 Å². The summed E-state index contributed by atoms with van der Waals surface area (Å²) in [7, 11) is 0. The second-order valence-corrected chi connectivity index (χ2v) is 5.45. The summed E-state index contributed by atoms with van der Waals surface area (Å²) < 4.78 is 41.6. The third kappa shape index (κ3) is 1.82. The summed E-state index contributed by atoms with van der Waals surface area (Å²) in [5.41, 5.74) is -1.11. The van der Waals surface area contributed by atoms with Crippen LogP contribution < -0.4 is 0 Å². The first-order valence-corrected chi connectivity index (χ1v) is 5.99. The molecule has 1 aliphatic rings. The number of benzene rings is 1. The first kappa shape index (κ1) is 12.5. The quantitative estimate of drug-likeness (QED) is 0.911. The van der Waals surface area contributed by atoms with E-state index in [1.807, 2.05) is 0 Å². The first-order valence-electron chi connectivity index (χ1n) is 5.99. The van der Waals surface area contributed by atoms with Crippen molar-refractivity contribution < 1.29 is 18.3 Å². The lowest BCUT2D eigenvalue weighted by molar-refractivity contribution is 0.0591. The summed E-state index contributed by atoms with van der Waals surface area (Å²) in [5.74, 6) is -3.33. The average Bonchev–Trinajstić information content (AvgIpc) is 2.71. The summed E-state index contributed by atoms with van der Waals surface area (Å²) in [6.45, 7) is 2.90. The van der Waals surface area contributed by atoms with Gasteiger partial charge >= 0.3 is 0 Å². The first-order chi connectivity index (χ1) is 8.72.